The van der Waals surface area contributed by atoms with E-state index in [2.05, 4.69) is 50.9 Å². The van der Waals surface area contributed by atoms with Crippen molar-refractivity contribution in [1.29, 1.82) is 0 Å². The molecule has 0 bridgehead atoms. The third-order valence-electron chi connectivity index (χ3n) is 5.11. The summed E-state index contributed by atoms with van der Waals surface area (Å²) in [4.78, 5) is 2.63. The fourth-order valence-corrected chi connectivity index (χ4v) is 3.73. The summed E-state index contributed by atoms with van der Waals surface area (Å²) >= 11 is 0. The first-order chi connectivity index (χ1) is 9.45. The van der Waals surface area contributed by atoms with Gasteiger partial charge in [-0.1, -0.05) is 13.8 Å². The molecule has 1 aromatic heterocycles. The molecule has 1 aliphatic rings. The highest BCUT2D eigenvalue weighted by Gasteiger charge is 2.35. The SMILES string of the molecule is CCNC1CCN(C(C)c2cc(C)oc2C)C(C)C1C. The molecular weight excluding hydrogens is 248 g/mol. The normalized spacial score (nSPS) is 29.6. The van der Waals surface area contributed by atoms with Gasteiger partial charge in [0.05, 0.1) is 0 Å². The van der Waals surface area contributed by atoms with Crippen LogP contribution >= 0.6 is 0 Å². The van der Waals surface area contributed by atoms with Gasteiger partial charge in [0.25, 0.3) is 0 Å². The van der Waals surface area contributed by atoms with Crippen LogP contribution in [0.15, 0.2) is 10.5 Å². The van der Waals surface area contributed by atoms with Gasteiger partial charge < -0.3 is 9.73 Å². The van der Waals surface area contributed by atoms with E-state index in [1.807, 2.05) is 6.92 Å². The van der Waals surface area contributed by atoms with E-state index >= 15 is 0 Å². The van der Waals surface area contributed by atoms with E-state index in [0.29, 0.717) is 24.0 Å². The second kappa shape index (κ2) is 6.31. The van der Waals surface area contributed by atoms with Crippen molar-refractivity contribution >= 4 is 0 Å². The third-order valence-corrected chi connectivity index (χ3v) is 5.11. The summed E-state index contributed by atoms with van der Waals surface area (Å²) in [6.45, 7) is 15.6. The van der Waals surface area contributed by atoms with Gasteiger partial charge in [-0.25, -0.2) is 0 Å². The maximum atomic E-state index is 5.71. The van der Waals surface area contributed by atoms with E-state index in [1.165, 1.54) is 12.0 Å². The Bertz CT molecular complexity index is 440. The average molecular weight is 278 g/mol. The molecule has 0 aromatic carbocycles. The summed E-state index contributed by atoms with van der Waals surface area (Å²) in [7, 11) is 0. The highest BCUT2D eigenvalue weighted by Crippen LogP contribution is 2.33. The molecule has 1 saturated heterocycles. The Balaban J connectivity index is 2.11. The summed E-state index contributed by atoms with van der Waals surface area (Å²) in [5.74, 6) is 2.77. The topological polar surface area (TPSA) is 28.4 Å². The molecule has 114 valence electrons. The lowest BCUT2D eigenvalue weighted by Crippen LogP contribution is -2.53. The lowest BCUT2D eigenvalue weighted by molar-refractivity contribution is 0.0524. The van der Waals surface area contributed by atoms with Gasteiger partial charge in [0.2, 0.25) is 0 Å². The number of aryl methyl sites for hydroxylation is 2. The smallest absolute Gasteiger partial charge is 0.105 e. The second-order valence-electron chi connectivity index (χ2n) is 6.33. The van der Waals surface area contributed by atoms with Crippen LogP contribution in [0.5, 0.6) is 0 Å². The molecule has 3 heteroatoms. The Labute approximate surface area is 123 Å². The zero-order valence-electron chi connectivity index (χ0n) is 13.9. The molecule has 0 aliphatic carbocycles. The minimum Gasteiger partial charge on any atom is -0.466 e. The average Bonchev–Trinajstić information content (AvgIpc) is 2.74. The molecule has 1 N–H and O–H groups in total. The molecular formula is C17H30N2O. The number of likely N-dealkylation sites (tertiary alicyclic amines) is 1. The van der Waals surface area contributed by atoms with E-state index in [-0.39, 0.29) is 0 Å². The molecule has 4 atom stereocenters. The van der Waals surface area contributed by atoms with Gasteiger partial charge in [0, 0.05) is 30.2 Å². The number of nitrogens with zero attached hydrogens (tertiary/aromatic N) is 1. The van der Waals surface area contributed by atoms with Crippen LogP contribution in [0, 0.1) is 19.8 Å². The van der Waals surface area contributed by atoms with Crippen molar-refractivity contribution in [3.05, 3.63) is 23.2 Å². The Morgan fingerprint density at radius 2 is 2.10 bits per heavy atom. The van der Waals surface area contributed by atoms with E-state index in [1.54, 1.807) is 0 Å². The largest absolute Gasteiger partial charge is 0.466 e. The highest BCUT2D eigenvalue weighted by atomic mass is 16.3. The molecule has 0 spiro atoms. The molecule has 0 saturated carbocycles. The molecule has 4 unspecified atom stereocenters. The zero-order chi connectivity index (χ0) is 14.9. The summed E-state index contributed by atoms with van der Waals surface area (Å²) in [6, 6.07) is 3.89. The maximum absolute atomic E-state index is 5.71. The van der Waals surface area contributed by atoms with E-state index < -0.39 is 0 Å². The number of furan rings is 1. The Morgan fingerprint density at radius 3 is 2.65 bits per heavy atom. The molecule has 1 aliphatic heterocycles. The van der Waals surface area contributed by atoms with Crippen molar-refractivity contribution in [1.82, 2.24) is 10.2 Å². The summed E-state index contributed by atoms with van der Waals surface area (Å²) in [6.07, 6.45) is 1.24. The van der Waals surface area contributed by atoms with Crippen LogP contribution in [0.2, 0.25) is 0 Å². The van der Waals surface area contributed by atoms with E-state index in [9.17, 15) is 0 Å². The molecule has 20 heavy (non-hydrogen) atoms. The first-order valence-corrected chi connectivity index (χ1v) is 8.01. The number of piperidine rings is 1. The van der Waals surface area contributed by atoms with Crippen molar-refractivity contribution < 1.29 is 4.42 Å². The number of nitrogens with one attached hydrogen (secondary N) is 1. The first-order valence-electron chi connectivity index (χ1n) is 8.01. The predicted octanol–water partition coefficient (Wildman–Crippen LogP) is 3.67. The Hall–Kier alpha value is -0.800. The third kappa shape index (κ3) is 2.94. The van der Waals surface area contributed by atoms with Crippen molar-refractivity contribution in [2.75, 3.05) is 13.1 Å². The van der Waals surface area contributed by atoms with Crippen LogP contribution in [0.4, 0.5) is 0 Å². The molecule has 2 rings (SSSR count). The van der Waals surface area contributed by atoms with Crippen LogP contribution in [-0.2, 0) is 0 Å². The van der Waals surface area contributed by atoms with Gasteiger partial charge in [-0.3, -0.25) is 4.90 Å². The monoisotopic (exact) mass is 278 g/mol. The van der Waals surface area contributed by atoms with Crippen molar-refractivity contribution in [2.24, 2.45) is 5.92 Å². The fraction of sp³-hybridized carbons (Fsp3) is 0.765. The standard InChI is InChI=1S/C17H30N2O/c1-7-18-17-8-9-19(13(4)12(17)3)14(5)16-10-11(2)20-15(16)6/h10,12-14,17-18H,7-9H2,1-6H3. The van der Waals surface area contributed by atoms with Gasteiger partial charge in [-0.2, -0.15) is 0 Å². The van der Waals surface area contributed by atoms with Crippen LogP contribution in [0.3, 0.4) is 0 Å². The Morgan fingerprint density at radius 1 is 1.40 bits per heavy atom. The number of hydrogen-bond donors (Lipinski definition) is 1. The quantitative estimate of drug-likeness (QED) is 0.911. The molecule has 1 fully saturated rings. The number of rotatable bonds is 4. The second-order valence-corrected chi connectivity index (χ2v) is 6.33. The van der Waals surface area contributed by atoms with Crippen LogP contribution in [0.1, 0.15) is 57.2 Å². The number of hydrogen-bond acceptors (Lipinski definition) is 3. The lowest BCUT2D eigenvalue weighted by atomic mass is 9.85. The molecule has 3 nitrogen and oxygen atoms in total. The van der Waals surface area contributed by atoms with Crippen LogP contribution in [0.25, 0.3) is 0 Å². The molecule has 0 amide bonds. The molecule has 1 aromatic rings. The Kier molecular flexibility index (Phi) is 4.92. The molecule has 2 heterocycles. The summed E-state index contributed by atoms with van der Waals surface area (Å²) in [5, 5.41) is 3.63. The van der Waals surface area contributed by atoms with Crippen molar-refractivity contribution in [3.63, 3.8) is 0 Å². The van der Waals surface area contributed by atoms with Crippen molar-refractivity contribution in [3.8, 4) is 0 Å². The lowest BCUT2D eigenvalue weighted by Gasteiger charge is -2.45. The highest BCUT2D eigenvalue weighted by molar-refractivity contribution is 5.24. The van der Waals surface area contributed by atoms with Gasteiger partial charge >= 0.3 is 0 Å². The predicted molar refractivity (Wildman–Crippen MR) is 84.0 cm³/mol. The summed E-state index contributed by atoms with van der Waals surface area (Å²) < 4.78 is 5.71. The van der Waals surface area contributed by atoms with Crippen molar-refractivity contribution in [2.45, 2.75) is 66.1 Å². The van der Waals surface area contributed by atoms with Crippen LogP contribution < -0.4 is 5.32 Å². The van der Waals surface area contributed by atoms with E-state index in [4.69, 9.17) is 4.42 Å². The minimum atomic E-state index is 0.437. The van der Waals surface area contributed by atoms with Gasteiger partial charge in [-0.05, 0) is 52.6 Å². The first kappa shape index (κ1) is 15.6. The fourth-order valence-electron chi connectivity index (χ4n) is 3.73. The van der Waals surface area contributed by atoms with Crippen LogP contribution in [-0.4, -0.2) is 30.1 Å². The van der Waals surface area contributed by atoms with Gasteiger partial charge in [0.15, 0.2) is 0 Å². The summed E-state index contributed by atoms with van der Waals surface area (Å²) in [5.41, 5.74) is 1.35. The zero-order valence-corrected chi connectivity index (χ0v) is 13.9. The van der Waals surface area contributed by atoms with Gasteiger partial charge in [0.1, 0.15) is 11.5 Å². The van der Waals surface area contributed by atoms with Gasteiger partial charge in [-0.15, -0.1) is 0 Å². The molecule has 0 radical (unpaired) electrons. The van der Waals surface area contributed by atoms with E-state index in [0.717, 1.165) is 24.6 Å². The minimum absolute atomic E-state index is 0.437. The maximum Gasteiger partial charge on any atom is 0.105 e.